The van der Waals surface area contributed by atoms with Gasteiger partial charge in [0.2, 0.25) is 0 Å². The van der Waals surface area contributed by atoms with E-state index in [1.165, 1.54) is 51.4 Å². The first kappa shape index (κ1) is 66.2. The van der Waals surface area contributed by atoms with Crippen LogP contribution in [0.25, 0.3) is 0 Å². The number of halogens is 24. The Morgan fingerprint density at radius 1 is 0.250 bits per heavy atom. The van der Waals surface area contributed by atoms with Gasteiger partial charge in [0.05, 0.1) is 26.2 Å². The number of unbranched alkanes of at least 4 members (excludes halogenated alkanes) is 4. The Balaban J connectivity index is -0.0000000638. The van der Waals surface area contributed by atoms with Gasteiger partial charge in [-0.15, -0.1) is 0 Å². The van der Waals surface area contributed by atoms with E-state index in [-0.39, 0.29) is 0 Å². The average molecular weight is 876 g/mol. The van der Waals surface area contributed by atoms with Gasteiger partial charge in [0.15, 0.2) is 0 Å². The minimum absolute atomic E-state index is 1.09. The maximum absolute atomic E-state index is 10.7. The quantitative estimate of drug-likeness (QED) is 0.138. The molecule has 320 valence electrons. The van der Waals surface area contributed by atoms with E-state index in [1.54, 1.807) is 0 Å². The average Bonchev–Trinajstić information content (AvgIpc) is 2.62. The summed E-state index contributed by atoms with van der Waals surface area (Å²) in [5, 5.41) is 0. The van der Waals surface area contributed by atoms with Gasteiger partial charge in [-0.2, -0.15) is 0 Å². The van der Waals surface area contributed by atoms with Crippen LogP contribution in [0.4, 0.5) is 101 Å². The van der Waals surface area contributed by atoms with Crippen molar-refractivity contribution in [2.45, 2.75) is 79.1 Å². The third-order valence-corrected chi connectivity index (χ3v) is 2.41. The minimum atomic E-state index is -10.7. The molecule has 0 radical (unpaired) electrons. The van der Waals surface area contributed by atoms with E-state index < -0.39 is 31.2 Å². The molecule has 0 heterocycles. The summed E-state index contributed by atoms with van der Waals surface area (Å²) < 4.78 is 237. The third kappa shape index (κ3) is 1490. The van der Waals surface area contributed by atoms with Crippen LogP contribution in [0.5, 0.6) is 0 Å². The van der Waals surface area contributed by atoms with Crippen molar-refractivity contribution in [2.24, 2.45) is 0 Å². The summed E-state index contributed by atoms with van der Waals surface area (Å²) in [7, 11) is -42.6. The van der Waals surface area contributed by atoms with Crippen molar-refractivity contribution in [3.05, 3.63) is 0 Å². The van der Waals surface area contributed by atoms with Crippen LogP contribution in [0.2, 0.25) is 0 Å². The fraction of sp³-hybridized carbons (Fsp3) is 1.00. The molecule has 0 fully saturated rings. The second-order valence-corrected chi connectivity index (χ2v) is 16.3. The monoisotopic (exact) mass is 876 g/mol. The summed E-state index contributed by atoms with van der Waals surface area (Å²) in [5.41, 5.74) is 14.7. The summed E-state index contributed by atoms with van der Waals surface area (Å²) in [4.78, 5) is 0. The van der Waals surface area contributed by atoms with E-state index in [0.717, 1.165) is 26.2 Å². The molecule has 0 rings (SSSR count). The molecule has 0 amide bonds. The van der Waals surface area contributed by atoms with Gasteiger partial charge in [0.1, 0.15) is 0 Å². The normalized spacial score (nSPS) is 17.0. The molecule has 48 heavy (non-hydrogen) atoms. The first-order chi connectivity index (χ1) is 19.5. The summed E-state index contributed by atoms with van der Waals surface area (Å²) >= 11 is 0. The van der Waals surface area contributed by atoms with E-state index in [4.69, 9.17) is 0 Å². The number of rotatable bonds is 8. The first-order valence-electron chi connectivity index (χ1n) is 12.9. The molecule has 0 atom stereocenters. The zero-order chi connectivity index (χ0) is 42.1. The predicted molar refractivity (Wildman–Crippen MR) is 145 cm³/mol. The first-order valence-corrected chi connectivity index (χ1v) is 21.0. The molecule has 12 N–H and O–H groups in total. The van der Waals surface area contributed by atoms with Crippen molar-refractivity contribution in [2.75, 3.05) is 26.2 Å². The van der Waals surface area contributed by atoms with Crippen LogP contribution >= 0.6 is 31.2 Å². The summed E-state index contributed by atoms with van der Waals surface area (Å²) in [6.45, 7) is 13.1. The van der Waals surface area contributed by atoms with E-state index in [9.17, 15) is 101 Å². The molecule has 32 heteroatoms. The van der Waals surface area contributed by atoms with Crippen LogP contribution in [0.15, 0.2) is 0 Å². The van der Waals surface area contributed by atoms with Gasteiger partial charge in [-0.1, -0.05) is 53.4 Å². The maximum atomic E-state index is 9.87. The Morgan fingerprint density at radius 2 is 0.312 bits per heavy atom. The predicted octanol–water partition coefficient (Wildman–Crippen LogP) is 13.6. The van der Waals surface area contributed by atoms with Crippen LogP contribution in [0.1, 0.15) is 79.1 Å². The van der Waals surface area contributed by atoms with E-state index >= 15 is 0 Å². The van der Waals surface area contributed by atoms with Crippen LogP contribution in [0, 0.1) is 0 Å². The van der Waals surface area contributed by atoms with Crippen molar-refractivity contribution >= 4 is 31.2 Å². The van der Waals surface area contributed by atoms with E-state index in [2.05, 4.69) is 50.6 Å². The molecule has 0 aromatic rings. The second-order valence-electron chi connectivity index (χ2n) is 8.66. The topological polar surface area (TPSA) is 111 Å². The molecular formula is C16H48F24N4P4. The van der Waals surface area contributed by atoms with Gasteiger partial charge in [0.25, 0.3) is 0 Å². The second kappa shape index (κ2) is 19.1. The molecule has 0 spiro atoms. The standard InChI is InChI=1S/4C4H11N.4F6P/c4*1-2-3-4-5;4*1-7(2,3,4,5)6/h4*2-5H2,1H3;;;;/q;;;;4*-1/p+4. The Hall–Kier alpha value is -0.120. The van der Waals surface area contributed by atoms with E-state index in [0.29, 0.717) is 0 Å². The third-order valence-electron chi connectivity index (χ3n) is 2.41. The van der Waals surface area contributed by atoms with Gasteiger partial charge in [-0.05, 0) is 25.7 Å². The molecule has 0 saturated carbocycles. The number of hydrogen-bond donors (Lipinski definition) is 4. The van der Waals surface area contributed by atoms with Crippen LogP contribution in [-0.2, 0) is 0 Å². The molecule has 0 aliphatic carbocycles. The van der Waals surface area contributed by atoms with Crippen molar-refractivity contribution in [3.8, 4) is 0 Å². The summed E-state index contributed by atoms with van der Waals surface area (Å²) in [5.74, 6) is 0. The molecular weight excluding hydrogens is 828 g/mol. The zero-order valence-corrected chi connectivity index (χ0v) is 29.8. The Kier molecular flexibility index (Phi) is 26.3. The van der Waals surface area contributed by atoms with Gasteiger partial charge in [-0.25, -0.2) is 0 Å². The summed E-state index contributed by atoms with van der Waals surface area (Å²) in [6.07, 6.45) is 10.2. The van der Waals surface area contributed by atoms with Gasteiger partial charge in [-0.3, -0.25) is 0 Å². The van der Waals surface area contributed by atoms with E-state index in [1.807, 2.05) is 0 Å². The van der Waals surface area contributed by atoms with Gasteiger partial charge < -0.3 is 22.9 Å². The van der Waals surface area contributed by atoms with Crippen LogP contribution in [-0.4, -0.2) is 26.2 Å². The van der Waals surface area contributed by atoms with Crippen LogP contribution in [0.3, 0.4) is 0 Å². The summed E-state index contributed by atoms with van der Waals surface area (Å²) in [6, 6.07) is 0. The molecule has 0 aromatic heterocycles. The molecule has 0 aromatic carbocycles. The van der Waals surface area contributed by atoms with Crippen molar-refractivity contribution in [3.63, 3.8) is 0 Å². The van der Waals surface area contributed by atoms with Crippen molar-refractivity contribution < 1.29 is 124 Å². The zero-order valence-electron chi connectivity index (χ0n) is 26.2. The van der Waals surface area contributed by atoms with Crippen molar-refractivity contribution in [1.29, 1.82) is 0 Å². The fourth-order valence-corrected chi connectivity index (χ4v) is 1.000. The Labute approximate surface area is 261 Å². The van der Waals surface area contributed by atoms with Crippen LogP contribution < -0.4 is 22.9 Å². The number of quaternary nitrogens is 4. The number of hydrogen-bond acceptors (Lipinski definition) is 0. The van der Waals surface area contributed by atoms with Gasteiger partial charge in [0, 0.05) is 0 Å². The van der Waals surface area contributed by atoms with Crippen molar-refractivity contribution in [1.82, 2.24) is 0 Å². The fourth-order valence-electron chi connectivity index (χ4n) is 1.000. The molecule has 0 aliphatic rings. The Bertz CT molecular complexity index is 580. The van der Waals surface area contributed by atoms with Gasteiger partial charge >= 0.3 is 132 Å². The molecule has 4 nitrogen and oxygen atoms in total. The molecule has 0 saturated heterocycles. The molecule has 0 bridgehead atoms. The molecule has 0 aliphatic heterocycles. The Morgan fingerprint density at radius 3 is 0.312 bits per heavy atom. The SMILES string of the molecule is CCCC[NH3+].CCCC[NH3+].CCCC[NH3+].CCCC[NH3+].F[P-](F)(F)(F)(F)F.F[P-](F)(F)(F)(F)F.F[P-](F)(F)(F)(F)F.F[P-](F)(F)(F)(F)F. The molecule has 0 unspecified atom stereocenters.